The van der Waals surface area contributed by atoms with Crippen LogP contribution in [0.1, 0.15) is 25.0 Å². The zero-order valence-electron chi connectivity index (χ0n) is 14.1. The highest BCUT2D eigenvalue weighted by molar-refractivity contribution is 7.13. The second-order valence-electron chi connectivity index (χ2n) is 5.52. The minimum atomic E-state index is 0.514. The second kappa shape index (κ2) is 7.60. The largest absolute Gasteiger partial charge is 0.493 e. The lowest BCUT2D eigenvalue weighted by Gasteiger charge is -2.10. The van der Waals surface area contributed by atoms with Gasteiger partial charge in [0.1, 0.15) is 10.8 Å². The van der Waals surface area contributed by atoms with Crippen LogP contribution in [0.4, 0.5) is 0 Å². The number of nitrogens with zero attached hydrogens (tertiary/aromatic N) is 1. The normalized spacial score (nSPS) is 10.8. The molecule has 0 radical (unpaired) electrons. The molecule has 1 heterocycles. The van der Waals surface area contributed by atoms with E-state index in [1.54, 1.807) is 11.3 Å². The highest BCUT2D eigenvalue weighted by Gasteiger charge is 2.13. The number of thiazole rings is 1. The van der Waals surface area contributed by atoms with Crippen molar-refractivity contribution in [3.05, 3.63) is 59.0 Å². The minimum absolute atomic E-state index is 0.514. The molecule has 0 aliphatic carbocycles. The summed E-state index contributed by atoms with van der Waals surface area (Å²) < 4.78 is 5.80. The molecule has 2 N–H and O–H groups in total. The predicted molar refractivity (Wildman–Crippen MR) is 101 cm³/mol. The summed E-state index contributed by atoms with van der Waals surface area (Å²) in [6.45, 7) is 5.32. The highest BCUT2D eigenvalue weighted by Crippen LogP contribution is 2.35. The molecule has 0 fully saturated rings. The first-order valence-electron chi connectivity index (χ1n) is 8.26. The van der Waals surface area contributed by atoms with E-state index in [0.29, 0.717) is 13.2 Å². The Morgan fingerprint density at radius 2 is 1.92 bits per heavy atom. The molecule has 2 aromatic carbocycles. The van der Waals surface area contributed by atoms with Crippen LogP contribution in [0.3, 0.4) is 0 Å². The SMILES string of the molecule is CCOc1ccc(CC)cc1-c1csc(-c2ccccc2CN)n1. The topological polar surface area (TPSA) is 48.1 Å². The van der Waals surface area contributed by atoms with Gasteiger partial charge in [-0.25, -0.2) is 4.98 Å². The Hall–Kier alpha value is -2.17. The number of hydrogen-bond acceptors (Lipinski definition) is 4. The molecular formula is C20H22N2OS. The molecule has 124 valence electrons. The number of aryl methyl sites for hydroxylation is 1. The first-order valence-corrected chi connectivity index (χ1v) is 9.14. The summed E-state index contributed by atoms with van der Waals surface area (Å²) in [5.41, 5.74) is 11.4. The van der Waals surface area contributed by atoms with E-state index >= 15 is 0 Å². The molecule has 3 rings (SSSR count). The van der Waals surface area contributed by atoms with Crippen molar-refractivity contribution in [1.29, 1.82) is 0 Å². The van der Waals surface area contributed by atoms with Crippen molar-refractivity contribution in [3.8, 4) is 27.6 Å². The number of ether oxygens (including phenoxy) is 1. The molecule has 4 heteroatoms. The van der Waals surface area contributed by atoms with Crippen molar-refractivity contribution in [2.75, 3.05) is 6.61 Å². The maximum absolute atomic E-state index is 5.86. The molecule has 0 saturated carbocycles. The Balaban J connectivity index is 2.04. The van der Waals surface area contributed by atoms with Crippen molar-refractivity contribution in [1.82, 2.24) is 4.98 Å². The zero-order valence-corrected chi connectivity index (χ0v) is 14.9. The molecule has 0 amide bonds. The molecule has 0 unspecified atom stereocenters. The van der Waals surface area contributed by atoms with Crippen LogP contribution in [0.25, 0.3) is 21.8 Å². The van der Waals surface area contributed by atoms with Gasteiger partial charge in [0.2, 0.25) is 0 Å². The van der Waals surface area contributed by atoms with Crippen LogP contribution < -0.4 is 10.5 Å². The Morgan fingerprint density at radius 3 is 2.67 bits per heavy atom. The third kappa shape index (κ3) is 3.35. The van der Waals surface area contributed by atoms with E-state index < -0.39 is 0 Å². The maximum atomic E-state index is 5.86. The molecule has 3 aromatic rings. The molecule has 0 aliphatic rings. The van der Waals surface area contributed by atoms with Crippen LogP contribution in [0.15, 0.2) is 47.8 Å². The van der Waals surface area contributed by atoms with E-state index in [0.717, 1.165) is 39.6 Å². The van der Waals surface area contributed by atoms with Crippen molar-refractivity contribution in [2.45, 2.75) is 26.8 Å². The van der Waals surface area contributed by atoms with Gasteiger partial charge in [-0.15, -0.1) is 11.3 Å². The van der Waals surface area contributed by atoms with E-state index in [2.05, 4.69) is 36.6 Å². The second-order valence-corrected chi connectivity index (χ2v) is 6.37. The third-order valence-electron chi connectivity index (χ3n) is 4.00. The lowest BCUT2D eigenvalue weighted by atomic mass is 10.1. The summed E-state index contributed by atoms with van der Waals surface area (Å²) >= 11 is 1.65. The lowest BCUT2D eigenvalue weighted by molar-refractivity contribution is 0.341. The first-order chi connectivity index (χ1) is 11.8. The van der Waals surface area contributed by atoms with Crippen LogP contribution in [0, 0.1) is 0 Å². The molecular weight excluding hydrogens is 316 g/mol. The van der Waals surface area contributed by atoms with Crippen molar-refractivity contribution < 1.29 is 4.74 Å². The van der Waals surface area contributed by atoms with E-state index in [4.69, 9.17) is 15.5 Å². The summed E-state index contributed by atoms with van der Waals surface area (Å²) in [5, 5.41) is 3.09. The summed E-state index contributed by atoms with van der Waals surface area (Å²) in [6, 6.07) is 14.5. The fraction of sp³-hybridized carbons (Fsp3) is 0.250. The monoisotopic (exact) mass is 338 g/mol. The first kappa shape index (κ1) is 16.7. The highest BCUT2D eigenvalue weighted by atomic mass is 32.1. The van der Waals surface area contributed by atoms with Crippen LogP contribution >= 0.6 is 11.3 Å². The smallest absolute Gasteiger partial charge is 0.128 e. The summed E-state index contributed by atoms with van der Waals surface area (Å²) in [4.78, 5) is 4.86. The minimum Gasteiger partial charge on any atom is -0.493 e. The fourth-order valence-corrected chi connectivity index (χ4v) is 3.59. The summed E-state index contributed by atoms with van der Waals surface area (Å²) in [7, 11) is 0. The quantitative estimate of drug-likeness (QED) is 0.695. The zero-order chi connectivity index (χ0) is 16.9. The lowest BCUT2D eigenvalue weighted by Crippen LogP contribution is -1.98. The number of benzene rings is 2. The van der Waals surface area contributed by atoms with Crippen LogP contribution in [-0.4, -0.2) is 11.6 Å². The average molecular weight is 338 g/mol. The standard InChI is InChI=1S/C20H22N2OS/c1-3-14-9-10-19(23-4-2)17(11-14)18-13-24-20(22-18)16-8-6-5-7-15(16)12-21/h5-11,13H,3-4,12,21H2,1-2H3. The predicted octanol–water partition coefficient (Wildman–Crippen LogP) is 4.90. The van der Waals surface area contributed by atoms with Gasteiger partial charge in [-0.05, 0) is 36.6 Å². The van der Waals surface area contributed by atoms with E-state index in [9.17, 15) is 0 Å². The number of rotatable bonds is 6. The van der Waals surface area contributed by atoms with Crippen molar-refractivity contribution >= 4 is 11.3 Å². The molecule has 3 nitrogen and oxygen atoms in total. The van der Waals surface area contributed by atoms with Gasteiger partial charge < -0.3 is 10.5 Å². The van der Waals surface area contributed by atoms with Crippen molar-refractivity contribution in [3.63, 3.8) is 0 Å². The van der Waals surface area contributed by atoms with Gasteiger partial charge in [-0.3, -0.25) is 0 Å². The van der Waals surface area contributed by atoms with Gasteiger partial charge >= 0.3 is 0 Å². The molecule has 0 atom stereocenters. The van der Waals surface area contributed by atoms with Gasteiger partial charge in [0.25, 0.3) is 0 Å². The Labute approximate surface area is 147 Å². The number of aromatic nitrogens is 1. The molecule has 24 heavy (non-hydrogen) atoms. The number of nitrogens with two attached hydrogens (primary N) is 1. The molecule has 0 bridgehead atoms. The molecule has 0 aliphatic heterocycles. The van der Waals surface area contributed by atoms with E-state index in [-0.39, 0.29) is 0 Å². The van der Waals surface area contributed by atoms with Crippen LogP contribution in [0.5, 0.6) is 5.75 Å². The summed E-state index contributed by atoms with van der Waals surface area (Å²) in [6.07, 6.45) is 0.992. The van der Waals surface area contributed by atoms with Crippen LogP contribution in [0.2, 0.25) is 0 Å². The Bertz CT molecular complexity index is 826. The fourth-order valence-electron chi connectivity index (χ4n) is 2.71. The van der Waals surface area contributed by atoms with Crippen molar-refractivity contribution in [2.24, 2.45) is 5.73 Å². The van der Waals surface area contributed by atoms with E-state index in [1.807, 2.05) is 25.1 Å². The van der Waals surface area contributed by atoms with Gasteiger partial charge in [0.05, 0.1) is 12.3 Å². The molecule has 0 saturated heterocycles. The van der Waals surface area contributed by atoms with E-state index in [1.165, 1.54) is 5.56 Å². The Kier molecular flexibility index (Phi) is 5.28. The maximum Gasteiger partial charge on any atom is 0.128 e. The number of hydrogen-bond donors (Lipinski definition) is 1. The van der Waals surface area contributed by atoms with Gasteiger partial charge in [0, 0.05) is 23.1 Å². The average Bonchev–Trinajstić information content (AvgIpc) is 3.12. The molecule has 0 spiro atoms. The third-order valence-corrected chi connectivity index (χ3v) is 4.88. The molecule has 1 aromatic heterocycles. The van der Waals surface area contributed by atoms with Gasteiger partial charge in [-0.2, -0.15) is 0 Å². The summed E-state index contributed by atoms with van der Waals surface area (Å²) in [5.74, 6) is 0.888. The Morgan fingerprint density at radius 1 is 1.08 bits per heavy atom. The van der Waals surface area contributed by atoms with Gasteiger partial charge in [0.15, 0.2) is 0 Å². The van der Waals surface area contributed by atoms with Gasteiger partial charge in [-0.1, -0.05) is 37.3 Å². The van der Waals surface area contributed by atoms with Crippen LogP contribution in [-0.2, 0) is 13.0 Å².